The Morgan fingerprint density at radius 3 is 2.77 bits per heavy atom. The number of aryl methyl sites for hydroxylation is 1. The molecule has 0 aliphatic carbocycles. The standard InChI is InChI=1S/C10H12N2S/c1-6(2)9-8-7(3)4-13-10(8)12-5-11-9/h4-6H,1-3H3. The normalized spacial score (nSPS) is 11.4. The van der Waals surface area contributed by atoms with Gasteiger partial charge in [-0.3, -0.25) is 0 Å². The quantitative estimate of drug-likeness (QED) is 0.693. The molecule has 0 amide bonds. The van der Waals surface area contributed by atoms with Gasteiger partial charge in [0.25, 0.3) is 0 Å². The summed E-state index contributed by atoms with van der Waals surface area (Å²) < 4.78 is 0. The molecule has 3 heteroatoms. The summed E-state index contributed by atoms with van der Waals surface area (Å²) in [5, 5.41) is 3.40. The summed E-state index contributed by atoms with van der Waals surface area (Å²) in [5.41, 5.74) is 2.47. The number of rotatable bonds is 1. The van der Waals surface area contributed by atoms with Crippen molar-refractivity contribution < 1.29 is 0 Å². The van der Waals surface area contributed by atoms with Crippen LogP contribution in [0.1, 0.15) is 31.0 Å². The molecule has 2 rings (SSSR count). The summed E-state index contributed by atoms with van der Waals surface area (Å²) in [6.45, 7) is 6.45. The van der Waals surface area contributed by atoms with Crippen LogP contribution in [0.25, 0.3) is 10.2 Å². The molecule has 0 N–H and O–H groups in total. The molecular formula is C10H12N2S. The molecule has 13 heavy (non-hydrogen) atoms. The Balaban J connectivity index is 2.80. The Morgan fingerprint density at radius 2 is 2.08 bits per heavy atom. The van der Waals surface area contributed by atoms with Crippen LogP contribution in [-0.4, -0.2) is 9.97 Å². The van der Waals surface area contributed by atoms with Crippen LogP contribution in [0.3, 0.4) is 0 Å². The van der Waals surface area contributed by atoms with E-state index in [0.29, 0.717) is 5.92 Å². The van der Waals surface area contributed by atoms with Gasteiger partial charge in [-0.15, -0.1) is 11.3 Å². The lowest BCUT2D eigenvalue weighted by Gasteiger charge is -2.05. The van der Waals surface area contributed by atoms with Gasteiger partial charge < -0.3 is 0 Å². The fourth-order valence-corrected chi connectivity index (χ4v) is 2.38. The predicted molar refractivity (Wildman–Crippen MR) is 56.2 cm³/mol. The zero-order valence-corrected chi connectivity index (χ0v) is 8.85. The molecule has 0 saturated carbocycles. The van der Waals surface area contributed by atoms with Crippen molar-refractivity contribution in [3.8, 4) is 0 Å². The highest BCUT2D eigenvalue weighted by Crippen LogP contribution is 2.28. The van der Waals surface area contributed by atoms with Gasteiger partial charge in [0.05, 0.1) is 5.69 Å². The van der Waals surface area contributed by atoms with Crippen molar-refractivity contribution in [2.24, 2.45) is 0 Å². The first kappa shape index (κ1) is 8.63. The van der Waals surface area contributed by atoms with Gasteiger partial charge in [-0.05, 0) is 23.8 Å². The van der Waals surface area contributed by atoms with Gasteiger partial charge in [0.1, 0.15) is 11.2 Å². The van der Waals surface area contributed by atoms with E-state index in [0.717, 1.165) is 4.83 Å². The SMILES string of the molecule is Cc1csc2ncnc(C(C)C)c12. The molecule has 2 heterocycles. The fraction of sp³-hybridized carbons (Fsp3) is 0.400. The lowest BCUT2D eigenvalue weighted by atomic mass is 10.1. The fourth-order valence-electron chi connectivity index (χ4n) is 1.48. The third kappa shape index (κ3) is 1.33. The molecule has 0 fully saturated rings. The Morgan fingerprint density at radius 1 is 1.31 bits per heavy atom. The van der Waals surface area contributed by atoms with Gasteiger partial charge in [-0.2, -0.15) is 0 Å². The van der Waals surface area contributed by atoms with E-state index in [1.165, 1.54) is 16.6 Å². The van der Waals surface area contributed by atoms with Gasteiger partial charge in [0.15, 0.2) is 0 Å². The minimum Gasteiger partial charge on any atom is -0.240 e. The van der Waals surface area contributed by atoms with Crippen molar-refractivity contribution in [3.63, 3.8) is 0 Å². The monoisotopic (exact) mass is 192 g/mol. The van der Waals surface area contributed by atoms with Crippen molar-refractivity contribution in [1.82, 2.24) is 9.97 Å². The molecule has 2 aromatic heterocycles. The average molecular weight is 192 g/mol. The second-order valence-corrected chi connectivity index (χ2v) is 4.37. The average Bonchev–Trinajstić information content (AvgIpc) is 2.48. The lowest BCUT2D eigenvalue weighted by molar-refractivity contribution is 0.828. The minimum absolute atomic E-state index is 0.471. The number of hydrogen-bond donors (Lipinski definition) is 0. The highest BCUT2D eigenvalue weighted by Gasteiger charge is 2.10. The van der Waals surface area contributed by atoms with Gasteiger partial charge in [0.2, 0.25) is 0 Å². The van der Waals surface area contributed by atoms with Gasteiger partial charge >= 0.3 is 0 Å². The van der Waals surface area contributed by atoms with Crippen LogP contribution >= 0.6 is 11.3 Å². The Labute approximate surface area is 81.7 Å². The molecule has 0 aliphatic heterocycles. The van der Waals surface area contributed by atoms with Crippen molar-refractivity contribution in [3.05, 3.63) is 23.0 Å². The molecule has 0 unspecified atom stereocenters. The third-order valence-corrected chi connectivity index (χ3v) is 3.13. The highest BCUT2D eigenvalue weighted by atomic mass is 32.1. The van der Waals surface area contributed by atoms with Crippen molar-refractivity contribution in [2.45, 2.75) is 26.7 Å². The molecule has 0 aliphatic rings. The summed E-state index contributed by atoms with van der Waals surface area (Å²) in [7, 11) is 0. The summed E-state index contributed by atoms with van der Waals surface area (Å²) >= 11 is 1.69. The van der Waals surface area contributed by atoms with Gasteiger partial charge in [-0.1, -0.05) is 13.8 Å². The zero-order valence-electron chi connectivity index (χ0n) is 8.03. The Kier molecular flexibility index (Phi) is 2.04. The molecule has 0 bridgehead atoms. The maximum atomic E-state index is 4.34. The van der Waals surface area contributed by atoms with Crippen molar-refractivity contribution >= 4 is 21.6 Å². The van der Waals surface area contributed by atoms with Crippen LogP contribution in [-0.2, 0) is 0 Å². The number of thiophene rings is 1. The van der Waals surface area contributed by atoms with Crippen LogP contribution in [0.4, 0.5) is 0 Å². The third-order valence-electron chi connectivity index (χ3n) is 2.13. The molecule has 0 saturated heterocycles. The number of hydrogen-bond acceptors (Lipinski definition) is 3. The molecule has 0 atom stereocenters. The highest BCUT2D eigenvalue weighted by molar-refractivity contribution is 7.16. The summed E-state index contributed by atoms with van der Waals surface area (Å²) in [6, 6.07) is 0. The van der Waals surface area contributed by atoms with E-state index >= 15 is 0 Å². The lowest BCUT2D eigenvalue weighted by Crippen LogP contribution is -1.94. The second-order valence-electron chi connectivity index (χ2n) is 3.51. The number of nitrogens with zero attached hydrogens (tertiary/aromatic N) is 2. The maximum Gasteiger partial charge on any atom is 0.127 e. The van der Waals surface area contributed by atoms with E-state index in [2.05, 4.69) is 36.1 Å². The first-order valence-corrected chi connectivity index (χ1v) is 5.27. The van der Waals surface area contributed by atoms with E-state index in [1.54, 1.807) is 17.7 Å². The van der Waals surface area contributed by atoms with Gasteiger partial charge in [0, 0.05) is 5.39 Å². The van der Waals surface area contributed by atoms with Gasteiger partial charge in [-0.25, -0.2) is 9.97 Å². The summed E-state index contributed by atoms with van der Waals surface area (Å²) in [4.78, 5) is 9.70. The van der Waals surface area contributed by atoms with Crippen molar-refractivity contribution in [2.75, 3.05) is 0 Å². The van der Waals surface area contributed by atoms with Crippen molar-refractivity contribution in [1.29, 1.82) is 0 Å². The minimum atomic E-state index is 0.471. The van der Waals surface area contributed by atoms with E-state index < -0.39 is 0 Å². The zero-order chi connectivity index (χ0) is 9.42. The second kappa shape index (κ2) is 3.07. The number of fused-ring (bicyclic) bond motifs is 1. The Bertz CT molecular complexity index is 431. The van der Waals surface area contributed by atoms with Crippen LogP contribution in [0.5, 0.6) is 0 Å². The summed E-state index contributed by atoms with van der Waals surface area (Å²) in [5.74, 6) is 0.471. The smallest absolute Gasteiger partial charge is 0.127 e. The molecule has 2 nitrogen and oxygen atoms in total. The van der Waals surface area contributed by atoms with E-state index in [4.69, 9.17) is 0 Å². The van der Waals surface area contributed by atoms with E-state index in [9.17, 15) is 0 Å². The van der Waals surface area contributed by atoms with E-state index in [-0.39, 0.29) is 0 Å². The largest absolute Gasteiger partial charge is 0.240 e. The van der Waals surface area contributed by atoms with E-state index in [1.807, 2.05) is 0 Å². The molecule has 0 spiro atoms. The Hall–Kier alpha value is -0.960. The first-order chi connectivity index (χ1) is 6.20. The molecular weight excluding hydrogens is 180 g/mol. The molecule has 0 radical (unpaired) electrons. The number of aromatic nitrogens is 2. The molecule has 2 aromatic rings. The van der Waals surface area contributed by atoms with Crippen LogP contribution in [0.2, 0.25) is 0 Å². The predicted octanol–water partition coefficient (Wildman–Crippen LogP) is 3.12. The molecule has 0 aromatic carbocycles. The van der Waals surface area contributed by atoms with Crippen LogP contribution in [0.15, 0.2) is 11.7 Å². The maximum absolute atomic E-state index is 4.34. The summed E-state index contributed by atoms with van der Waals surface area (Å²) in [6.07, 6.45) is 1.66. The topological polar surface area (TPSA) is 25.8 Å². The molecule has 68 valence electrons. The van der Waals surface area contributed by atoms with Crippen LogP contribution in [0, 0.1) is 6.92 Å². The first-order valence-electron chi connectivity index (χ1n) is 4.39. The van der Waals surface area contributed by atoms with Crippen LogP contribution < -0.4 is 0 Å².